The van der Waals surface area contributed by atoms with Crippen molar-refractivity contribution in [1.82, 2.24) is 20.0 Å². The van der Waals surface area contributed by atoms with E-state index in [9.17, 15) is 18.0 Å². The number of hydrogen-bond donors (Lipinski definition) is 2. The van der Waals surface area contributed by atoms with Gasteiger partial charge in [-0.3, -0.25) is 4.90 Å². The number of nitrogens with one attached hydrogen (secondary N) is 2. The van der Waals surface area contributed by atoms with Crippen LogP contribution in [0.15, 0.2) is 59.5 Å². The number of alkyl halides is 3. The number of amides is 2. The summed E-state index contributed by atoms with van der Waals surface area (Å²) in [6, 6.07) is 7.37. The summed E-state index contributed by atoms with van der Waals surface area (Å²) < 4.78 is 46.1. The van der Waals surface area contributed by atoms with Crippen LogP contribution in [0.4, 0.5) is 23.7 Å². The minimum Gasteiger partial charge on any atom is -0.468 e. The molecular weight excluding hydrogens is 387 g/mol. The van der Waals surface area contributed by atoms with Crippen LogP contribution in [0.1, 0.15) is 17.4 Å². The molecule has 2 amide bonds. The molecule has 1 unspecified atom stereocenters. The van der Waals surface area contributed by atoms with Gasteiger partial charge in [0.1, 0.15) is 5.76 Å². The van der Waals surface area contributed by atoms with Crippen LogP contribution >= 0.6 is 0 Å². The monoisotopic (exact) mass is 407 g/mol. The van der Waals surface area contributed by atoms with Crippen LogP contribution in [0.2, 0.25) is 0 Å². The van der Waals surface area contributed by atoms with Crippen LogP contribution in [0.5, 0.6) is 0 Å². The van der Waals surface area contributed by atoms with Crippen molar-refractivity contribution in [2.75, 3.05) is 26.0 Å². The molecule has 3 aromatic rings. The lowest BCUT2D eigenvalue weighted by Crippen LogP contribution is -2.37. The van der Waals surface area contributed by atoms with Gasteiger partial charge in [-0.1, -0.05) is 0 Å². The second-order valence-electron chi connectivity index (χ2n) is 6.51. The molecule has 0 radical (unpaired) electrons. The third-order valence-electron chi connectivity index (χ3n) is 4.27. The number of furan rings is 1. The van der Waals surface area contributed by atoms with Gasteiger partial charge in [0.05, 0.1) is 29.2 Å². The number of aromatic nitrogens is 2. The van der Waals surface area contributed by atoms with Crippen LogP contribution in [-0.2, 0) is 6.18 Å². The molecule has 0 bridgehead atoms. The lowest BCUT2D eigenvalue weighted by Gasteiger charge is -2.23. The Labute approximate surface area is 165 Å². The van der Waals surface area contributed by atoms with E-state index in [4.69, 9.17) is 4.42 Å². The molecular formula is C19H20F3N5O2. The number of halogens is 3. The lowest BCUT2D eigenvalue weighted by atomic mass is 10.1. The van der Waals surface area contributed by atoms with Gasteiger partial charge in [0.2, 0.25) is 0 Å². The molecule has 2 heterocycles. The van der Waals surface area contributed by atoms with E-state index in [1.165, 1.54) is 23.2 Å². The van der Waals surface area contributed by atoms with Crippen molar-refractivity contribution < 1.29 is 22.4 Å². The molecule has 2 N–H and O–H groups in total. The van der Waals surface area contributed by atoms with Crippen molar-refractivity contribution in [3.8, 4) is 5.69 Å². The van der Waals surface area contributed by atoms with E-state index in [2.05, 4.69) is 15.7 Å². The van der Waals surface area contributed by atoms with Gasteiger partial charge < -0.3 is 15.1 Å². The first-order valence-corrected chi connectivity index (χ1v) is 8.71. The smallest absolute Gasteiger partial charge is 0.416 e. The van der Waals surface area contributed by atoms with E-state index in [1.54, 1.807) is 24.4 Å². The largest absolute Gasteiger partial charge is 0.468 e. The quantitative estimate of drug-likeness (QED) is 0.650. The summed E-state index contributed by atoms with van der Waals surface area (Å²) in [6.45, 7) is 0.197. The Kier molecular flexibility index (Phi) is 5.92. The molecule has 0 aliphatic rings. The number of nitrogens with zero attached hydrogens (tertiary/aromatic N) is 3. The van der Waals surface area contributed by atoms with Crippen molar-refractivity contribution in [1.29, 1.82) is 0 Å². The fourth-order valence-electron chi connectivity index (χ4n) is 2.80. The molecule has 0 saturated heterocycles. The van der Waals surface area contributed by atoms with Crippen LogP contribution in [0.3, 0.4) is 0 Å². The first-order chi connectivity index (χ1) is 13.8. The third kappa shape index (κ3) is 4.96. The number of rotatable bonds is 6. The Morgan fingerprint density at radius 3 is 2.66 bits per heavy atom. The number of likely N-dealkylation sites (N-methyl/N-ethyl adjacent to an activating group) is 1. The predicted molar refractivity (Wildman–Crippen MR) is 101 cm³/mol. The van der Waals surface area contributed by atoms with Gasteiger partial charge in [0.25, 0.3) is 0 Å². The summed E-state index contributed by atoms with van der Waals surface area (Å²) >= 11 is 0. The SMILES string of the molecule is CN(C)C(CNC(=O)Nc1cc(C(F)(F)F)ccc1-n1cccn1)c1ccco1. The molecule has 7 nitrogen and oxygen atoms in total. The van der Waals surface area contributed by atoms with Crippen LogP contribution < -0.4 is 10.6 Å². The minimum absolute atomic E-state index is 0.0135. The van der Waals surface area contributed by atoms with E-state index in [0.717, 1.165) is 12.1 Å². The van der Waals surface area contributed by atoms with E-state index >= 15 is 0 Å². The Morgan fingerprint density at radius 1 is 1.28 bits per heavy atom. The van der Waals surface area contributed by atoms with Crippen LogP contribution in [0, 0.1) is 0 Å². The molecule has 10 heteroatoms. The molecule has 0 spiro atoms. The normalized spacial score (nSPS) is 12.8. The van der Waals surface area contributed by atoms with Gasteiger partial charge in [-0.15, -0.1) is 0 Å². The second kappa shape index (κ2) is 8.39. The highest BCUT2D eigenvalue weighted by atomic mass is 19.4. The highest BCUT2D eigenvalue weighted by molar-refractivity contribution is 5.91. The summed E-state index contributed by atoms with van der Waals surface area (Å²) in [5.74, 6) is 0.659. The first kappa shape index (κ1) is 20.5. The van der Waals surface area contributed by atoms with Crippen molar-refractivity contribution in [3.05, 3.63) is 66.4 Å². The van der Waals surface area contributed by atoms with E-state index in [-0.39, 0.29) is 18.3 Å². The van der Waals surface area contributed by atoms with Crippen molar-refractivity contribution in [2.24, 2.45) is 0 Å². The van der Waals surface area contributed by atoms with Crippen molar-refractivity contribution in [2.45, 2.75) is 12.2 Å². The maximum Gasteiger partial charge on any atom is 0.416 e. The maximum absolute atomic E-state index is 13.1. The third-order valence-corrected chi connectivity index (χ3v) is 4.27. The molecule has 29 heavy (non-hydrogen) atoms. The zero-order valence-electron chi connectivity index (χ0n) is 15.8. The van der Waals surface area contributed by atoms with Gasteiger partial charge in [0, 0.05) is 18.9 Å². The average Bonchev–Trinajstić information content (AvgIpc) is 3.35. The van der Waals surface area contributed by atoms with Gasteiger partial charge in [-0.25, -0.2) is 9.48 Å². The summed E-state index contributed by atoms with van der Waals surface area (Å²) in [6.07, 6.45) is 0.0625. The molecule has 3 rings (SSSR count). The summed E-state index contributed by atoms with van der Waals surface area (Å²) in [7, 11) is 3.66. The topological polar surface area (TPSA) is 75.3 Å². The summed E-state index contributed by atoms with van der Waals surface area (Å²) in [5, 5.41) is 9.18. The highest BCUT2D eigenvalue weighted by Gasteiger charge is 2.31. The molecule has 0 aliphatic carbocycles. The number of benzene rings is 1. The fraction of sp³-hybridized carbons (Fsp3) is 0.263. The summed E-state index contributed by atoms with van der Waals surface area (Å²) in [4.78, 5) is 14.3. The number of carbonyl (C=O) groups is 1. The van der Waals surface area contributed by atoms with Crippen molar-refractivity contribution in [3.63, 3.8) is 0 Å². The zero-order chi connectivity index (χ0) is 21.0. The van der Waals surface area contributed by atoms with Gasteiger partial charge >= 0.3 is 12.2 Å². The molecule has 0 aliphatic heterocycles. The Bertz CT molecular complexity index is 937. The molecule has 2 aromatic heterocycles. The molecule has 0 fully saturated rings. The molecule has 154 valence electrons. The van der Waals surface area contributed by atoms with Gasteiger partial charge in [-0.05, 0) is 50.5 Å². The van der Waals surface area contributed by atoms with Gasteiger partial charge in [-0.2, -0.15) is 18.3 Å². The number of urea groups is 1. The Hall–Kier alpha value is -3.27. The van der Waals surface area contributed by atoms with Crippen LogP contribution in [-0.4, -0.2) is 41.4 Å². The lowest BCUT2D eigenvalue weighted by molar-refractivity contribution is -0.137. The number of hydrogen-bond acceptors (Lipinski definition) is 4. The van der Waals surface area contributed by atoms with Gasteiger partial charge in [0.15, 0.2) is 0 Å². The standard InChI is InChI=1S/C19H20F3N5O2/c1-26(2)16(17-5-3-10-29-17)12-23-18(28)25-14-11-13(19(20,21)22)6-7-15(14)27-9-4-8-24-27/h3-11,16H,12H2,1-2H3,(H2,23,25,28). The van der Waals surface area contributed by atoms with E-state index in [1.807, 2.05) is 19.0 Å². The molecule has 0 saturated carbocycles. The Balaban J connectivity index is 1.78. The second-order valence-corrected chi connectivity index (χ2v) is 6.51. The van der Waals surface area contributed by atoms with Crippen LogP contribution in [0.25, 0.3) is 5.69 Å². The van der Waals surface area contributed by atoms with E-state index < -0.39 is 17.8 Å². The zero-order valence-corrected chi connectivity index (χ0v) is 15.8. The molecule has 1 aromatic carbocycles. The average molecular weight is 407 g/mol. The maximum atomic E-state index is 13.1. The van der Waals surface area contributed by atoms with E-state index in [0.29, 0.717) is 11.4 Å². The summed E-state index contributed by atoms with van der Waals surface area (Å²) in [5.41, 5.74) is -0.570. The number of anilines is 1. The number of carbonyl (C=O) groups excluding carboxylic acids is 1. The molecule has 1 atom stereocenters. The Morgan fingerprint density at radius 2 is 2.07 bits per heavy atom. The minimum atomic E-state index is -4.54. The highest BCUT2D eigenvalue weighted by Crippen LogP contribution is 2.33. The first-order valence-electron chi connectivity index (χ1n) is 8.71. The van der Waals surface area contributed by atoms with Crippen molar-refractivity contribution >= 4 is 11.7 Å². The predicted octanol–water partition coefficient (Wildman–Crippen LogP) is 3.91. The fourth-order valence-corrected chi connectivity index (χ4v) is 2.80.